The predicted molar refractivity (Wildman–Crippen MR) is 151 cm³/mol. The molecule has 36 heavy (non-hydrogen) atoms. The van der Waals surface area contributed by atoms with Crippen LogP contribution in [-0.2, 0) is 28.3 Å². The monoisotopic (exact) mass is 542 g/mol. The van der Waals surface area contributed by atoms with Crippen LogP contribution in [0.2, 0.25) is 10.0 Å². The fraction of sp³-hybridized carbons (Fsp3) is 0.310. The maximum absolute atomic E-state index is 13.6. The highest BCUT2D eigenvalue weighted by Gasteiger charge is 2.30. The summed E-state index contributed by atoms with van der Waals surface area (Å²) >= 11 is 14.1. The number of nitrogens with zero attached hydrogens (tertiary/aromatic N) is 1. The molecule has 0 unspecified atom stereocenters. The van der Waals surface area contributed by atoms with Crippen LogP contribution in [0.3, 0.4) is 0 Å². The van der Waals surface area contributed by atoms with Crippen molar-refractivity contribution in [3.05, 3.63) is 106 Å². The first-order valence-electron chi connectivity index (χ1n) is 12.1. The Labute approximate surface area is 228 Å². The smallest absolute Gasteiger partial charge is 0.243 e. The molecule has 0 spiro atoms. The fourth-order valence-corrected chi connectivity index (χ4v) is 5.48. The van der Waals surface area contributed by atoms with Gasteiger partial charge in [-0.25, -0.2) is 0 Å². The van der Waals surface area contributed by atoms with Crippen molar-refractivity contribution in [2.75, 3.05) is 12.3 Å². The van der Waals surface area contributed by atoms with Crippen LogP contribution in [0, 0.1) is 0 Å². The lowest BCUT2D eigenvalue weighted by molar-refractivity contribution is -0.139. The molecule has 0 saturated carbocycles. The average molecular weight is 544 g/mol. The van der Waals surface area contributed by atoms with Gasteiger partial charge in [0.05, 0.1) is 5.75 Å². The third-order valence-corrected chi connectivity index (χ3v) is 7.48. The van der Waals surface area contributed by atoms with Crippen LogP contribution in [0.1, 0.15) is 36.5 Å². The van der Waals surface area contributed by atoms with Crippen molar-refractivity contribution >= 4 is 46.8 Å². The minimum Gasteiger partial charge on any atom is -0.354 e. The van der Waals surface area contributed by atoms with Gasteiger partial charge in [0, 0.05) is 35.3 Å². The Morgan fingerprint density at radius 1 is 0.889 bits per heavy atom. The van der Waals surface area contributed by atoms with Crippen LogP contribution < -0.4 is 5.32 Å². The van der Waals surface area contributed by atoms with E-state index in [9.17, 15) is 9.59 Å². The van der Waals surface area contributed by atoms with Crippen molar-refractivity contribution in [2.24, 2.45) is 0 Å². The van der Waals surface area contributed by atoms with Crippen molar-refractivity contribution in [3.63, 3.8) is 0 Å². The topological polar surface area (TPSA) is 49.4 Å². The van der Waals surface area contributed by atoms with Gasteiger partial charge in [-0.2, -0.15) is 0 Å². The van der Waals surface area contributed by atoms with Gasteiger partial charge in [-0.15, -0.1) is 11.8 Å². The molecular weight excluding hydrogens is 511 g/mol. The number of thioether (sulfide) groups is 1. The molecule has 3 aromatic rings. The van der Waals surface area contributed by atoms with E-state index >= 15 is 0 Å². The van der Waals surface area contributed by atoms with Crippen LogP contribution in [0.15, 0.2) is 78.9 Å². The first-order chi connectivity index (χ1) is 17.5. The number of hydrogen-bond donors (Lipinski definition) is 1. The fourth-order valence-electron chi connectivity index (χ4n) is 3.83. The van der Waals surface area contributed by atoms with E-state index in [1.165, 1.54) is 11.8 Å². The Morgan fingerprint density at radius 2 is 1.50 bits per heavy atom. The Kier molecular flexibility index (Phi) is 11.7. The summed E-state index contributed by atoms with van der Waals surface area (Å²) in [5.41, 5.74) is 2.80. The summed E-state index contributed by atoms with van der Waals surface area (Å²) in [5.74, 6) is 0.492. The van der Waals surface area contributed by atoms with Gasteiger partial charge in [0.2, 0.25) is 11.8 Å². The summed E-state index contributed by atoms with van der Waals surface area (Å²) in [6, 6.07) is 24.4. The normalized spacial score (nSPS) is 11.6. The number of carbonyl (C=O) groups excluding carboxylic acids is 2. The highest BCUT2D eigenvalue weighted by atomic mass is 35.5. The van der Waals surface area contributed by atoms with E-state index < -0.39 is 6.04 Å². The van der Waals surface area contributed by atoms with Gasteiger partial charge in [-0.1, -0.05) is 103 Å². The van der Waals surface area contributed by atoms with Gasteiger partial charge in [-0.05, 0) is 35.2 Å². The highest BCUT2D eigenvalue weighted by molar-refractivity contribution is 7.99. The quantitative estimate of drug-likeness (QED) is 0.242. The van der Waals surface area contributed by atoms with Crippen molar-refractivity contribution in [1.29, 1.82) is 0 Å². The van der Waals surface area contributed by atoms with Gasteiger partial charge in [-0.3, -0.25) is 9.59 Å². The maximum Gasteiger partial charge on any atom is 0.243 e. The third-order valence-electron chi connectivity index (χ3n) is 5.83. The van der Waals surface area contributed by atoms with Crippen LogP contribution in [0.5, 0.6) is 0 Å². The van der Waals surface area contributed by atoms with Crippen LogP contribution in [0.4, 0.5) is 0 Å². The van der Waals surface area contributed by atoms with E-state index in [2.05, 4.69) is 12.2 Å². The summed E-state index contributed by atoms with van der Waals surface area (Å²) in [6.45, 7) is 3.03. The second-order valence-electron chi connectivity index (χ2n) is 8.55. The molecule has 0 radical (unpaired) electrons. The van der Waals surface area contributed by atoms with E-state index in [0.717, 1.165) is 29.5 Å². The summed E-state index contributed by atoms with van der Waals surface area (Å²) < 4.78 is 0. The first-order valence-corrected chi connectivity index (χ1v) is 14.1. The van der Waals surface area contributed by atoms with Gasteiger partial charge in [0.25, 0.3) is 0 Å². The Bertz CT molecular complexity index is 1090. The van der Waals surface area contributed by atoms with E-state index in [1.807, 2.05) is 60.7 Å². The number of rotatable bonds is 13. The minimum absolute atomic E-state index is 0.0985. The Morgan fingerprint density at radius 3 is 2.11 bits per heavy atom. The molecule has 7 heteroatoms. The molecule has 3 aromatic carbocycles. The SMILES string of the molecule is CCCCNC(=O)[C@H](Cc1ccccc1)N(Cc1ccccc1)C(=O)CSCc1c(Cl)cccc1Cl. The second-order valence-corrected chi connectivity index (χ2v) is 10.4. The largest absolute Gasteiger partial charge is 0.354 e. The number of halogens is 2. The molecule has 0 aliphatic rings. The third kappa shape index (κ3) is 8.58. The number of nitrogens with one attached hydrogen (secondary N) is 1. The van der Waals surface area contributed by atoms with E-state index in [0.29, 0.717) is 35.3 Å². The molecule has 0 fully saturated rings. The molecule has 1 N–H and O–H groups in total. The summed E-state index contributed by atoms with van der Waals surface area (Å²) in [4.78, 5) is 28.7. The Hall–Kier alpha value is -2.47. The molecule has 0 aliphatic heterocycles. The van der Waals surface area contributed by atoms with Gasteiger partial charge in [0.15, 0.2) is 0 Å². The molecule has 0 aromatic heterocycles. The van der Waals surface area contributed by atoms with Crippen molar-refractivity contribution in [3.8, 4) is 0 Å². The Balaban J connectivity index is 1.82. The molecule has 1 atom stereocenters. The zero-order valence-corrected chi connectivity index (χ0v) is 22.8. The van der Waals surface area contributed by atoms with Crippen LogP contribution >= 0.6 is 35.0 Å². The molecule has 190 valence electrons. The molecule has 4 nitrogen and oxygen atoms in total. The van der Waals surface area contributed by atoms with Gasteiger partial charge < -0.3 is 10.2 Å². The number of hydrogen-bond acceptors (Lipinski definition) is 3. The predicted octanol–water partition coefficient (Wildman–Crippen LogP) is 6.78. The van der Waals surface area contributed by atoms with Crippen LogP contribution in [-0.4, -0.2) is 35.1 Å². The average Bonchev–Trinajstić information content (AvgIpc) is 2.89. The molecule has 0 heterocycles. The van der Waals surface area contributed by atoms with Crippen molar-refractivity contribution in [1.82, 2.24) is 10.2 Å². The lowest BCUT2D eigenvalue weighted by Crippen LogP contribution is -2.51. The standard InChI is InChI=1S/C29H32Cl2N2O2S/c1-2-3-17-32-29(35)27(18-22-11-6-4-7-12-22)33(19-23-13-8-5-9-14-23)28(34)21-36-20-24-25(30)15-10-16-26(24)31/h4-16,27H,2-3,17-21H2,1H3,(H,32,35)/t27-/m0/s1. The molecule has 0 saturated heterocycles. The number of amides is 2. The van der Waals surface area contributed by atoms with E-state index in [4.69, 9.17) is 23.2 Å². The number of unbranched alkanes of at least 4 members (excludes halogenated alkanes) is 1. The molecule has 0 aliphatic carbocycles. The highest BCUT2D eigenvalue weighted by Crippen LogP contribution is 2.28. The summed E-state index contributed by atoms with van der Waals surface area (Å²) in [6.07, 6.45) is 2.32. The molecule has 0 bridgehead atoms. The summed E-state index contributed by atoms with van der Waals surface area (Å²) in [7, 11) is 0. The maximum atomic E-state index is 13.6. The zero-order valence-electron chi connectivity index (χ0n) is 20.5. The van der Waals surface area contributed by atoms with Crippen LogP contribution in [0.25, 0.3) is 0 Å². The lowest BCUT2D eigenvalue weighted by atomic mass is 10.0. The van der Waals surface area contributed by atoms with E-state index in [1.54, 1.807) is 23.1 Å². The molecule has 3 rings (SSSR count). The van der Waals surface area contributed by atoms with Crippen molar-refractivity contribution in [2.45, 2.75) is 44.5 Å². The van der Waals surface area contributed by atoms with Gasteiger partial charge in [0.1, 0.15) is 6.04 Å². The lowest BCUT2D eigenvalue weighted by Gasteiger charge is -2.31. The van der Waals surface area contributed by atoms with Crippen molar-refractivity contribution < 1.29 is 9.59 Å². The van der Waals surface area contributed by atoms with E-state index in [-0.39, 0.29) is 17.6 Å². The molecular formula is C29H32Cl2N2O2S. The second kappa shape index (κ2) is 14.9. The summed E-state index contributed by atoms with van der Waals surface area (Å²) in [5, 5.41) is 4.22. The number of benzene rings is 3. The van der Waals surface area contributed by atoms with Gasteiger partial charge >= 0.3 is 0 Å². The number of carbonyl (C=O) groups is 2. The zero-order chi connectivity index (χ0) is 25.8. The minimum atomic E-state index is -0.624. The molecule has 2 amide bonds. The first kappa shape index (κ1) is 28.1.